The Morgan fingerprint density at radius 2 is 1.89 bits per heavy atom. The van der Waals surface area contributed by atoms with Crippen LogP contribution >= 0.6 is 0 Å². The molecule has 6 nitrogen and oxygen atoms in total. The molecule has 0 spiro atoms. The van der Waals surface area contributed by atoms with Gasteiger partial charge < -0.3 is 19.2 Å². The van der Waals surface area contributed by atoms with Gasteiger partial charge in [0.15, 0.2) is 6.10 Å². The first kappa shape index (κ1) is 18.8. The van der Waals surface area contributed by atoms with Gasteiger partial charge in [-0.3, -0.25) is 4.79 Å². The molecule has 0 aromatic heterocycles. The number of hydrogen-bond acceptors (Lipinski definition) is 5. The van der Waals surface area contributed by atoms with E-state index in [4.69, 9.17) is 14.3 Å². The lowest BCUT2D eigenvalue weighted by Gasteiger charge is -2.23. The molecule has 1 heterocycles. The van der Waals surface area contributed by atoms with Crippen LogP contribution in [0.1, 0.15) is 24.5 Å². The average molecular weight is 368 g/mol. The van der Waals surface area contributed by atoms with Crippen molar-refractivity contribution < 1.29 is 19.1 Å². The van der Waals surface area contributed by atoms with E-state index in [0.717, 1.165) is 28.3 Å². The van der Waals surface area contributed by atoms with E-state index in [-0.39, 0.29) is 12.0 Å². The molecule has 6 heteroatoms. The van der Waals surface area contributed by atoms with E-state index in [1.165, 1.54) is 0 Å². The Kier molecular flexibility index (Phi) is 5.96. The van der Waals surface area contributed by atoms with E-state index in [1.807, 2.05) is 48.5 Å². The topological polar surface area (TPSA) is 60.4 Å². The summed E-state index contributed by atoms with van der Waals surface area (Å²) in [4.78, 5) is 19.4. The van der Waals surface area contributed by atoms with Crippen molar-refractivity contribution in [1.29, 1.82) is 0 Å². The van der Waals surface area contributed by atoms with Crippen molar-refractivity contribution in [2.75, 3.05) is 20.8 Å². The van der Waals surface area contributed by atoms with E-state index < -0.39 is 0 Å². The van der Waals surface area contributed by atoms with Crippen molar-refractivity contribution in [2.24, 2.45) is 5.16 Å². The molecule has 0 fully saturated rings. The van der Waals surface area contributed by atoms with Crippen molar-refractivity contribution in [3.05, 3.63) is 59.7 Å². The van der Waals surface area contributed by atoms with Gasteiger partial charge in [0.1, 0.15) is 11.5 Å². The Balaban J connectivity index is 1.61. The molecule has 2 aromatic carbocycles. The molecule has 0 radical (unpaired) electrons. The van der Waals surface area contributed by atoms with Gasteiger partial charge in [-0.1, -0.05) is 17.3 Å². The molecule has 142 valence electrons. The van der Waals surface area contributed by atoms with Gasteiger partial charge in [0.25, 0.3) is 0 Å². The van der Waals surface area contributed by atoms with Crippen molar-refractivity contribution in [1.82, 2.24) is 4.90 Å². The molecule has 3 rings (SSSR count). The first-order valence-electron chi connectivity index (χ1n) is 8.84. The summed E-state index contributed by atoms with van der Waals surface area (Å²) < 4.78 is 10.4. The highest BCUT2D eigenvalue weighted by atomic mass is 16.6. The fourth-order valence-electron chi connectivity index (χ4n) is 3.02. The quantitative estimate of drug-likeness (QED) is 0.753. The fraction of sp³-hybridized carbons (Fsp3) is 0.333. The predicted molar refractivity (Wildman–Crippen MR) is 103 cm³/mol. The summed E-state index contributed by atoms with van der Waals surface area (Å²) in [5.74, 6) is 1.58. The number of amides is 1. The van der Waals surface area contributed by atoms with E-state index in [0.29, 0.717) is 19.5 Å². The van der Waals surface area contributed by atoms with Crippen LogP contribution in [0.25, 0.3) is 0 Å². The van der Waals surface area contributed by atoms with E-state index in [9.17, 15) is 4.79 Å². The highest BCUT2D eigenvalue weighted by molar-refractivity contribution is 6.01. The van der Waals surface area contributed by atoms with Crippen LogP contribution in [0.4, 0.5) is 0 Å². The maximum atomic E-state index is 12.1. The summed E-state index contributed by atoms with van der Waals surface area (Å²) in [5, 5.41) is 4.21. The predicted octanol–water partition coefficient (Wildman–Crippen LogP) is 3.25. The average Bonchev–Trinajstić information content (AvgIpc) is 3.16. The fourth-order valence-corrected chi connectivity index (χ4v) is 3.02. The summed E-state index contributed by atoms with van der Waals surface area (Å²) in [6.07, 6.45) is 0.505. The molecular weight excluding hydrogens is 344 g/mol. The third kappa shape index (κ3) is 4.78. The monoisotopic (exact) mass is 368 g/mol. The van der Waals surface area contributed by atoms with Crippen LogP contribution in [-0.4, -0.2) is 43.4 Å². The van der Waals surface area contributed by atoms with Crippen LogP contribution in [-0.2, 0) is 16.2 Å². The van der Waals surface area contributed by atoms with Gasteiger partial charge in [0.05, 0.1) is 26.5 Å². The normalized spacial score (nSPS) is 15.7. The summed E-state index contributed by atoms with van der Waals surface area (Å²) >= 11 is 0. The molecular formula is C21H24N2O4. The highest BCUT2D eigenvalue weighted by Crippen LogP contribution is 2.21. The largest absolute Gasteiger partial charge is 0.497 e. The Morgan fingerprint density at radius 1 is 1.15 bits per heavy atom. The number of ether oxygens (including phenoxy) is 2. The first-order valence-corrected chi connectivity index (χ1v) is 8.84. The van der Waals surface area contributed by atoms with Crippen LogP contribution < -0.4 is 9.47 Å². The van der Waals surface area contributed by atoms with Gasteiger partial charge >= 0.3 is 0 Å². The lowest BCUT2D eigenvalue weighted by atomic mass is 10.0. The maximum Gasteiger partial charge on any atom is 0.219 e. The molecule has 0 aliphatic carbocycles. The Bertz CT molecular complexity index is 817. The summed E-state index contributed by atoms with van der Waals surface area (Å²) in [6, 6.07) is 15.4. The second-order valence-electron chi connectivity index (χ2n) is 6.45. The van der Waals surface area contributed by atoms with Gasteiger partial charge in [0, 0.05) is 19.9 Å². The number of rotatable bonds is 7. The van der Waals surface area contributed by atoms with Gasteiger partial charge in [0.2, 0.25) is 5.91 Å². The van der Waals surface area contributed by atoms with Crippen LogP contribution in [0.15, 0.2) is 53.7 Å². The highest BCUT2D eigenvalue weighted by Gasteiger charge is 2.25. The lowest BCUT2D eigenvalue weighted by molar-refractivity contribution is -0.131. The van der Waals surface area contributed by atoms with Crippen LogP contribution in [0.3, 0.4) is 0 Å². The zero-order valence-electron chi connectivity index (χ0n) is 15.8. The summed E-state index contributed by atoms with van der Waals surface area (Å²) in [7, 11) is 3.27. The van der Waals surface area contributed by atoms with Crippen molar-refractivity contribution in [3.63, 3.8) is 0 Å². The number of nitrogens with zero attached hydrogens (tertiary/aromatic N) is 2. The van der Waals surface area contributed by atoms with E-state index >= 15 is 0 Å². The molecule has 1 amide bonds. The Morgan fingerprint density at radius 3 is 2.56 bits per heavy atom. The van der Waals surface area contributed by atoms with Gasteiger partial charge in [-0.05, 0) is 47.5 Å². The third-order valence-electron chi connectivity index (χ3n) is 4.53. The second-order valence-corrected chi connectivity index (χ2v) is 6.45. The molecule has 0 saturated carbocycles. The molecule has 1 aliphatic heterocycles. The van der Waals surface area contributed by atoms with E-state index in [1.54, 1.807) is 26.0 Å². The first-order chi connectivity index (χ1) is 13.1. The zero-order chi connectivity index (χ0) is 19.2. The Labute approximate surface area is 159 Å². The molecule has 2 aromatic rings. The minimum absolute atomic E-state index is 0.000632. The van der Waals surface area contributed by atoms with Gasteiger partial charge in [-0.2, -0.15) is 0 Å². The minimum atomic E-state index is -0.156. The minimum Gasteiger partial charge on any atom is -0.497 e. The van der Waals surface area contributed by atoms with Crippen molar-refractivity contribution in [2.45, 2.75) is 26.0 Å². The number of methoxy groups -OCH3 is 2. The van der Waals surface area contributed by atoms with Crippen molar-refractivity contribution in [3.8, 4) is 11.5 Å². The number of oxime groups is 1. The number of carbonyl (C=O) groups excluding carboxylic acids is 1. The maximum absolute atomic E-state index is 12.1. The van der Waals surface area contributed by atoms with Gasteiger partial charge in [-0.15, -0.1) is 0 Å². The third-order valence-corrected chi connectivity index (χ3v) is 4.53. The molecule has 0 unspecified atom stereocenters. The second kappa shape index (κ2) is 8.58. The molecule has 1 aliphatic rings. The van der Waals surface area contributed by atoms with E-state index in [2.05, 4.69) is 5.16 Å². The van der Waals surface area contributed by atoms with Gasteiger partial charge in [-0.25, -0.2) is 0 Å². The molecule has 0 bridgehead atoms. The number of carbonyl (C=O) groups is 1. The standard InChI is InChI=1S/C21H24N2O4/c1-15(24)23(13-16-5-4-6-19(11-16)26-3)14-20-12-21(22-27-20)17-7-9-18(25-2)10-8-17/h4-11,20H,12-14H2,1-3H3/t20-/m0/s1. The van der Waals surface area contributed by atoms with Crippen LogP contribution in [0.2, 0.25) is 0 Å². The summed E-state index contributed by atoms with van der Waals surface area (Å²) in [5.41, 5.74) is 2.90. The SMILES string of the molecule is COc1ccc(C2=NO[C@H](CN(Cc3cccc(OC)c3)C(C)=O)C2)cc1. The zero-order valence-corrected chi connectivity index (χ0v) is 15.8. The smallest absolute Gasteiger partial charge is 0.219 e. The van der Waals surface area contributed by atoms with Crippen molar-refractivity contribution >= 4 is 11.6 Å². The van der Waals surface area contributed by atoms with Crippen LogP contribution in [0.5, 0.6) is 11.5 Å². The Hall–Kier alpha value is -3.02. The molecule has 0 saturated heterocycles. The molecule has 0 N–H and O–H groups in total. The lowest BCUT2D eigenvalue weighted by Crippen LogP contribution is -2.35. The van der Waals surface area contributed by atoms with Crippen LogP contribution in [0, 0.1) is 0 Å². The molecule has 27 heavy (non-hydrogen) atoms. The number of hydrogen-bond donors (Lipinski definition) is 0. The molecule has 1 atom stereocenters. The number of benzene rings is 2. The summed E-state index contributed by atoms with van der Waals surface area (Å²) in [6.45, 7) is 2.56.